The van der Waals surface area contributed by atoms with E-state index in [4.69, 9.17) is 4.98 Å². The number of rotatable bonds is 7. The number of imidazole rings is 1. The molecule has 0 fully saturated rings. The summed E-state index contributed by atoms with van der Waals surface area (Å²) in [5.41, 5.74) is 2.33. The molecule has 1 atom stereocenters. The molecule has 2 rings (SSSR count). The smallest absolute Gasteiger partial charge is 0.123 e. The molecular formula is C15H23N3S. The number of nitrogens with zero attached hydrogens (tertiary/aromatic N) is 2. The van der Waals surface area contributed by atoms with E-state index in [0.717, 1.165) is 36.6 Å². The highest BCUT2D eigenvalue weighted by Crippen LogP contribution is 2.16. The molecule has 1 aromatic carbocycles. The van der Waals surface area contributed by atoms with Gasteiger partial charge in [0.15, 0.2) is 0 Å². The van der Waals surface area contributed by atoms with Crippen molar-refractivity contribution < 1.29 is 0 Å². The number of hydrogen-bond donors (Lipinski definition) is 1. The van der Waals surface area contributed by atoms with Crippen LogP contribution in [0.4, 0.5) is 0 Å². The average Bonchev–Trinajstić information content (AvgIpc) is 2.80. The maximum absolute atomic E-state index is 4.74. The first-order valence-corrected chi connectivity index (χ1v) is 8.36. The summed E-state index contributed by atoms with van der Waals surface area (Å²) in [6.07, 6.45) is 3.32. The lowest BCUT2D eigenvalue weighted by Crippen LogP contribution is -2.31. The second-order valence-corrected chi connectivity index (χ2v) is 5.61. The van der Waals surface area contributed by atoms with E-state index in [1.807, 2.05) is 11.8 Å². The van der Waals surface area contributed by atoms with Crippen LogP contribution in [0.5, 0.6) is 0 Å². The van der Waals surface area contributed by atoms with Crippen molar-refractivity contribution in [2.45, 2.75) is 39.4 Å². The van der Waals surface area contributed by atoms with Gasteiger partial charge < -0.3 is 9.88 Å². The molecule has 0 amide bonds. The predicted molar refractivity (Wildman–Crippen MR) is 84.7 cm³/mol. The Hall–Kier alpha value is -1.00. The third-order valence-corrected chi connectivity index (χ3v) is 4.20. The molecule has 3 nitrogen and oxygen atoms in total. The maximum atomic E-state index is 4.74. The van der Waals surface area contributed by atoms with E-state index in [2.05, 4.69) is 54.3 Å². The summed E-state index contributed by atoms with van der Waals surface area (Å²) in [5.74, 6) is 2.30. The fourth-order valence-corrected chi connectivity index (χ4v) is 3.13. The van der Waals surface area contributed by atoms with E-state index in [1.165, 1.54) is 5.52 Å². The monoisotopic (exact) mass is 277 g/mol. The molecule has 1 unspecified atom stereocenters. The van der Waals surface area contributed by atoms with Gasteiger partial charge in [-0.15, -0.1) is 0 Å². The van der Waals surface area contributed by atoms with E-state index in [1.54, 1.807) is 0 Å². The van der Waals surface area contributed by atoms with E-state index in [-0.39, 0.29) is 0 Å². The summed E-state index contributed by atoms with van der Waals surface area (Å²) in [6, 6.07) is 8.93. The van der Waals surface area contributed by atoms with Gasteiger partial charge in [-0.25, -0.2) is 4.98 Å². The van der Waals surface area contributed by atoms with Gasteiger partial charge >= 0.3 is 0 Å². The topological polar surface area (TPSA) is 29.9 Å². The Bertz CT molecular complexity index is 521. The Morgan fingerprint density at radius 3 is 2.79 bits per heavy atom. The molecule has 1 heterocycles. The molecule has 0 aliphatic rings. The molecule has 0 saturated carbocycles. The normalized spacial score (nSPS) is 13.0. The number of hydrogen-bond acceptors (Lipinski definition) is 3. The minimum Gasteiger partial charge on any atom is -0.327 e. The minimum atomic E-state index is 0.570. The zero-order valence-electron chi connectivity index (χ0n) is 12.0. The van der Waals surface area contributed by atoms with Gasteiger partial charge in [0.25, 0.3) is 0 Å². The Balaban J connectivity index is 2.15. The SMILES string of the molecule is CCC(CSC)NCc1nc2ccccc2n1CC. The minimum absolute atomic E-state index is 0.570. The van der Waals surface area contributed by atoms with Crippen molar-refractivity contribution in [3.8, 4) is 0 Å². The molecule has 0 aliphatic carbocycles. The van der Waals surface area contributed by atoms with E-state index in [0.29, 0.717) is 6.04 Å². The summed E-state index contributed by atoms with van der Waals surface area (Å²) in [5, 5.41) is 3.62. The molecule has 0 aliphatic heterocycles. The number of benzene rings is 1. The quantitative estimate of drug-likeness (QED) is 0.842. The summed E-state index contributed by atoms with van der Waals surface area (Å²) in [7, 11) is 0. The largest absolute Gasteiger partial charge is 0.327 e. The molecule has 4 heteroatoms. The predicted octanol–water partition coefficient (Wildman–Crippen LogP) is 3.29. The average molecular weight is 277 g/mol. The van der Waals surface area contributed by atoms with Gasteiger partial charge in [-0.05, 0) is 31.7 Å². The van der Waals surface area contributed by atoms with Crippen LogP contribution in [-0.2, 0) is 13.1 Å². The molecular weight excluding hydrogens is 254 g/mol. The Labute approximate surface area is 119 Å². The first kappa shape index (κ1) is 14.4. The van der Waals surface area contributed by atoms with Crippen LogP contribution in [0.15, 0.2) is 24.3 Å². The Morgan fingerprint density at radius 1 is 1.32 bits per heavy atom. The highest BCUT2D eigenvalue weighted by molar-refractivity contribution is 7.98. The standard InChI is InChI=1S/C15H23N3S/c1-4-12(11-19-3)16-10-15-17-13-8-6-7-9-14(13)18(15)5-2/h6-9,12,16H,4-5,10-11H2,1-3H3. The van der Waals surface area contributed by atoms with Gasteiger partial charge in [0.05, 0.1) is 17.6 Å². The number of nitrogens with one attached hydrogen (secondary N) is 1. The van der Waals surface area contributed by atoms with E-state index >= 15 is 0 Å². The molecule has 0 radical (unpaired) electrons. The molecule has 1 N–H and O–H groups in total. The number of aryl methyl sites for hydroxylation is 1. The number of aromatic nitrogens is 2. The first-order valence-electron chi connectivity index (χ1n) is 6.96. The Morgan fingerprint density at radius 2 is 2.11 bits per heavy atom. The van der Waals surface area contributed by atoms with Crippen molar-refractivity contribution in [1.29, 1.82) is 0 Å². The van der Waals surface area contributed by atoms with Crippen LogP contribution < -0.4 is 5.32 Å². The molecule has 0 saturated heterocycles. The summed E-state index contributed by atoms with van der Waals surface area (Å²) >= 11 is 1.89. The van der Waals surface area contributed by atoms with Gasteiger partial charge in [-0.3, -0.25) is 0 Å². The lowest BCUT2D eigenvalue weighted by molar-refractivity contribution is 0.518. The fraction of sp³-hybridized carbons (Fsp3) is 0.533. The van der Waals surface area contributed by atoms with Crippen LogP contribution in [0.25, 0.3) is 11.0 Å². The number of para-hydroxylation sites is 2. The second kappa shape index (κ2) is 6.96. The van der Waals surface area contributed by atoms with Crippen molar-refractivity contribution >= 4 is 22.8 Å². The number of fused-ring (bicyclic) bond motifs is 1. The highest BCUT2D eigenvalue weighted by atomic mass is 32.2. The van der Waals surface area contributed by atoms with Crippen molar-refractivity contribution in [1.82, 2.24) is 14.9 Å². The van der Waals surface area contributed by atoms with Crippen LogP contribution >= 0.6 is 11.8 Å². The molecule has 104 valence electrons. The van der Waals surface area contributed by atoms with Crippen molar-refractivity contribution in [3.05, 3.63) is 30.1 Å². The molecule has 0 spiro atoms. The van der Waals surface area contributed by atoms with Crippen molar-refractivity contribution in [2.24, 2.45) is 0 Å². The number of thioether (sulfide) groups is 1. The van der Waals surface area contributed by atoms with Crippen molar-refractivity contribution in [2.75, 3.05) is 12.0 Å². The molecule has 1 aromatic heterocycles. The maximum Gasteiger partial charge on any atom is 0.123 e. The van der Waals surface area contributed by atoms with E-state index < -0.39 is 0 Å². The summed E-state index contributed by atoms with van der Waals surface area (Å²) < 4.78 is 2.30. The van der Waals surface area contributed by atoms with Crippen LogP contribution in [-0.4, -0.2) is 27.6 Å². The van der Waals surface area contributed by atoms with Crippen LogP contribution in [0.1, 0.15) is 26.1 Å². The first-order chi connectivity index (χ1) is 9.30. The van der Waals surface area contributed by atoms with Gasteiger partial charge in [-0.2, -0.15) is 11.8 Å². The van der Waals surface area contributed by atoms with Gasteiger partial charge in [0.1, 0.15) is 5.82 Å². The van der Waals surface area contributed by atoms with Crippen molar-refractivity contribution in [3.63, 3.8) is 0 Å². The Kier molecular flexibility index (Phi) is 5.28. The summed E-state index contributed by atoms with van der Waals surface area (Å²) in [6.45, 7) is 6.23. The van der Waals surface area contributed by atoms with Crippen LogP contribution in [0.2, 0.25) is 0 Å². The van der Waals surface area contributed by atoms with Crippen LogP contribution in [0.3, 0.4) is 0 Å². The highest BCUT2D eigenvalue weighted by Gasteiger charge is 2.11. The van der Waals surface area contributed by atoms with Crippen LogP contribution in [0, 0.1) is 0 Å². The molecule has 19 heavy (non-hydrogen) atoms. The van der Waals surface area contributed by atoms with Gasteiger partial charge in [0, 0.05) is 18.3 Å². The third-order valence-electron chi connectivity index (χ3n) is 3.46. The van der Waals surface area contributed by atoms with E-state index in [9.17, 15) is 0 Å². The second-order valence-electron chi connectivity index (χ2n) is 4.70. The summed E-state index contributed by atoms with van der Waals surface area (Å²) in [4.78, 5) is 4.74. The van der Waals surface area contributed by atoms with Gasteiger partial charge in [-0.1, -0.05) is 19.1 Å². The molecule has 0 bridgehead atoms. The lowest BCUT2D eigenvalue weighted by atomic mass is 10.2. The van der Waals surface area contributed by atoms with Gasteiger partial charge in [0.2, 0.25) is 0 Å². The zero-order chi connectivity index (χ0) is 13.7. The third kappa shape index (κ3) is 3.31. The zero-order valence-corrected chi connectivity index (χ0v) is 12.8. The fourth-order valence-electron chi connectivity index (χ4n) is 2.37. The molecule has 2 aromatic rings. The lowest BCUT2D eigenvalue weighted by Gasteiger charge is -2.15.